The quantitative estimate of drug-likeness (QED) is 0.744. The summed E-state index contributed by atoms with van der Waals surface area (Å²) in [7, 11) is 0. The summed E-state index contributed by atoms with van der Waals surface area (Å²) in [5, 5.41) is 4.13. The van der Waals surface area contributed by atoms with Crippen LogP contribution in [0.5, 0.6) is 0 Å². The second-order valence-corrected chi connectivity index (χ2v) is 3.89. The second kappa shape index (κ2) is 4.99. The highest BCUT2D eigenvalue weighted by atomic mass is 16.3. The van der Waals surface area contributed by atoms with Gasteiger partial charge >= 0.3 is 0 Å². The van der Waals surface area contributed by atoms with Gasteiger partial charge in [0.2, 0.25) is 5.78 Å². The molecule has 2 aromatic rings. The Balaban J connectivity index is 2.27. The van der Waals surface area contributed by atoms with Gasteiger partial charge in [-0.2, -0.15) is 5.10 Å². The van der Waals surface area contributed by atoms with Crippen molar-refractivity contribution in [2.75, 3.05) is 0 Å². The molecule has 2 rings (SSSR count). The fourth-order valence-corrected chi connectivity index (χ4v) is 1.73. The first-order chi connectivity index (χ1) is 8.26. The van der Waals surface area contributed by atoms with E-state index in [-0.39, 0.29) is 5.78 Å². The van der Waals surface area contributed by atoms with Gasteiger partial charge in [0.25, 0.3) is 0 Å². The standard InChI is InChI=1S/C13H16N2O2/c1-3-9-15-11(7-8-14-15)13(16)12-6-5-10(4-2)17-12/h5-8H,3-4,9H2,1-2H3. The zero-order chi connectivity index (χ0) is 12.3. The normalized spacial score (nSPS) is 10.7. The molecule has 0 spiro atoms. The van der Waals surface area contributed by atoms with E-state index in [1.807, 2.05) is 13.0 Å². The van der Waals surface area contributed by atoms with Crippen molar-refractivity contribution in [1.82, 2.24) is 9.78 Å². The van der Waals surface area contributed by atoms with Gasteiger partial charge < -0.3 is 4.42 Å². The second-order valence-electron chi connectivity index (χ2n) is 3.89. The predicted molar refractivity (Wildman–Crippen MR) is 64.0 cm³/mol. The van der Waals surface area contributed by atoms with E-state index in [0.717, 1.165) is 25.1 Å². The number of furan rings is 1. The summed E-state index contributed by atoms with van der Waals surface area (Å²) < 4.78 is 7.18. The third-order valence-corrected chi connectivity index (χ3v) is 2.62. The van der Waals surface area contributed by atoms with Gasteiger partial charge in [-0.3, -0.25) is 9.48 Å². The van der Waals surface area contributed by atoms with Crippen molar-refractivity contribution in [2.24, 2.45) is 0 Å². The molecule has 4 heteroatoms. The largest absolute Gasteiger partial charge is 0.458 e. The van der Waals surface area contributed by atoms with Crippen molar-refractivity contribution >= 4 is 5.78 Å². The van der Waals surface area contributed by atoms with Crippen LogP contribution in [0.3, 0.4) is 0 Å². The zero-order valence-electron chi connectivity index (χ0n) is 10.1. The Hall–Kier alpha value is -1.84. The Morgan fingerprint density at radius 2 is 2.18 bits per heavy atom. The Morgan fingerprint density at radius 1 is 1.35 bits per heavy atom. The lowest BCUT2D eigenvalue weighted by molar-refractivity contribution is 0.0997. The number of rotatable bonds is 5. The molecule has 0 saturated carbocycles. The fraction of sp³-hybridized carbons (Fsp3) is 0.385. The maximum atomic E-state index is 12.2. The van der Waals surface area contributed by atoms with Gasteiger partial charge in [0.05, 0.1) is 0 Å². The molecule has 0 aliphatic carbocycles. The first-order valence-electron chi connectivity index (χ1n) is 5.91. The van der Waals surface area contributed by atoms with Gasteiger partial charge in [-0.15, -0.1) is 0 Å². The molecule has 0 atom stereocenters. The highest BCUT2D eigenvalue weighted by Gasteiger charge is 2.17. The molecular formula is C13H16N2O2. The molecule has 0 amide bonds. The Bertz CT molecular complexity index is 511. The summed E-state index contributed by atoms with van der Waals surface area (Å²) >= 11 is 0. The van der Waals surface area contributed by atoms with Gasteiger partial charge in [0, 0.05) is 19.2 Å². The Morgan fingerprint density at radius 3 is 2.82 bits per heavy atom. The number of carbonyl (C=O) groups excluding carboxylic acids is 1. The molecule has 0 unspecified atom stereocenters. The summed E-state index contributed by atoms with van der Waals surface area (Å²) in [5.41, 5.74) is 0.587. The van der Waals surface area contributed by atoms with Crippen molar-refractivity contribution < 1.29 is 9.21 Å². The summed E-state index contributed by atoms with van der Waals surface area (Å²) in [5.74, 6) is 1.12. The van der Waals surface area contributed by atoms with Crippen molar-refractivity contribution in [2.45, 2.75) is 33.2 Å². The van der Waals surface area contributed by atoms with E-state index >= 15 is 0 Å². The Labute approximate surface area is 100 Å². The van der Waals surface area contributed by atoms with Gasteiger partial charge in [0.15, 0.2) is 5.76 Å². The monoisotopic (exact) mass is 232 g/mol. The molecule has 0 aliphatic rings. The van der Waals surface area contributed by atoms with Crippen molar-refractivity contribution in [3.63, 3.8) is 0 Å². The molecule has 17 heavy (non-hydrogen) atoms. The van der Waals surface area contributed by atoms with Crippen molar-refractivity contribution in [1.29, 1.82) is 0 Å². The van der Waals surface area contributed by atoms with E-state index in [2.05, 4.69) is 12.0 Å². The maximum Gasteiger partial charge on any atom is 0.246 e. The number of carbonyl (C=O) groups is 1. The van der Waals surface area contributed by atoms with E-state index in [0.29, 0.717) is 11.5 Å². The molecule has 0 radical (unpaired) electrons. The van der Waals surface area contributed by atoms with Gasteiger partial charge in [-0.05, 0) is 24.6 Å². The highest BCUT2D eigenvalue weighted by Crippen LogP contribution is 2.14. The maximum absolute atomic E-state index is 12.2. The number of ketones is 1. The predicted octanol–water partition coefficient (Wildman–Crippen LogP) is 2.68. The summed E-state index contributed by atoms with van der Waals surface area (Å²) in [6.45, 7) is 4.79. The van der Waals surface area contributed by atoms with Gasteiger partial charge in [0.1, 0.15) is 11.5 Å². The number of hydrogen-bond acceptors (Lipinski definition) is 3. The molecule has 90 valence electrons. The third-order valence-electron chi connectivity index (χ3n) is 2.62. The van der Waals surface area contributed by atoms with Crippen LogP contribution in [0.4, 0.5) is 0 Å². The van der Waals surface area contributed by atoms with Crippen molar-refractivity contribution in [3.8, 4) is 0 Å². The van der Waals surface area contributed by atoms with Crippen LogP contribution in [0.1, 0.15) is 42.3 Å². The van der Waals surface area contributed by atoms with Crippen LogP contribution >= 0.6 is 0 Å². The van der Waals surface area contributed by atoms with E-state index in [4.69, 9.17) is 4.42 Å². The van der Waals surface area contributed by atoms with Crippen LogP contribution in [0.15, 0.2) is 28.8 Å². The van der Waals surface area contributed by atoms with E-state index in [9.17, 15) is 4.79 Å². The molecule has 0 saturated heterocycles. The van der Waals surface area contributed by atoms with E-state index in [1.165, 1.54) is 0 Å². The highest BCUT2D eigenvalue weighted by molar-refractivity contribution is 6.05. The molecule has 0 fully saturated rings. The number of aryl methyl sites for hydroxylation is 2. The fourth-order valence-electron chi connectivity index (χ4n) is 1.73. The summed E-state index contributed by atoms with van der Waals surface area (Å²) in [6.07, 6.45) is 3.38. The molecule has 0 aromatic carbocycles. The van der Waals surface area contributed by atoms with E-state index in [1.54, 1.807) is 23.0 Å². The minimum atomic E-state index is -0.101. The minimum Gasteiger partial charge on any atom is -0.458 e. The van der Waals surface area contributed by atoms with Crippen LogP contribution in [0.25, 0.3) is 0 Å². The SMILES string of the molecule is CCCn1nccc1C(=O)c1ccc(CC)o1. The van der Waals surface area contributed by atoms with Crippen LogP contribution in [0.2, 0.25) is 0 Å². The zero-order valence-corrected chi connectivity index (χ0v) is 10.1. The molecule has 0 N–H and O–H groups in total. The van der Waals surface area contributed by atoms with E-state index < -0.39 is 0 Å². The molecule has 4 nitrogen and oxygen atoms in total. The first kappa shape index (κ1) is 11.6. The molecule has 2 heterocycles. The molecular weight excluding hydrogens is 216 g/mol. The lowest BCUT2D eigenvalue weighted by atomic mass is 10.2. The summed E-state index contributed by atoms with van der Waals surface area (Å²) in [4.78, 5) is 12.2. The van der Waals surface area contributed by atoms with Crippen LogP contribution < -0.4 is 0 Å². The molecule has 0 bridgehead atoms. The van der Waals surface area contributed by atoms with Crippen LogP contribution in [-0.4, -0.2) is 15.6 Å². The van der Waals surface area contributed by atoms with Crippen LogP contribution in [-0.2, 0) is 13.0 Å². The Kier molecular flexibility index (Phi) is 3.42. The average Bonchev–Trinajstić information content (AvgIpc) is 2.97. The van der Waals surface area contributed by atoms with Gasteiger partial charge in [-0.25, -0.2) is 0 Å². The van der Waals surface area contributed by atoms with Gasteiger partial charge in [-0.1, -0.05) is 13.8 Å². The lowest BCUT2D eigenvalue weighted by Crippen LogP contribution is -2.10. The first-order valence-corrected chi connectivity index (χ1v) is 5.91. The number of hydrogen-bond donors (Lipinski definition) is 0. The lowest BCUT2D eigenvalue weighted by Gasteiger charge is -2.03. The molecule has 2 aromatic heterocycles. The van der Waals surface area contributed by atoms with Crippen LogP contribution in [0, 0.1) is 0 Å². The van der Waals surface area contributed by atoms with Crippen molar-refractivity contribution in [3.05, 3.63) is 41.6 Å². The third kappa shape index (κ3) is 2.30. The summed E-state index contributed by atoms with van der Waals surface area (Å²) in [6, 6.07) is 5.30. The molecule has 0 aliphatic heterocycles. The minimum absolute atomic E-state index is 0.101. The topological polar surface area (TPSA) is 48.0 Å². The number of aromatic nitrogens is 2. The smallest absolute Gasteiger partial charge is 0.246 e. The number of nitrogens with zero attached hydrogens (tertiary/aromatic N) is 2. The average molecular weight is 232 g/mol.